The molecule has 2 aromatic heterocycles. The molecule has 6 heteroatoms. The zero-order valence-corrected chi connectivity index (χ0v) is 11.0. The van der Waals surface area contributed by atoms with Gasteiger partial charge in [0.25, 0.3) is 0 Å². The number of nitrogens with zero attached hydrogens (tertiary/aromatic N) is 3. The molecule has 0 aliphatic rings. The number of aromatic nitrogens is 3. The van der Waals surface area contributed by atoms with E-state index in [9.17, 15) is 0 Å². The van der Waals surface area contributed by atoms with Gasteiger partial charge in [0.05, 0.1) is 21.9 Å². The van der Waals surface area contributed by atoms with E-state index in [0.717, 1.165) is 12.1 Å². The van der Waals surface area contributed by atoms with Gasteiger partial charge in [-0.25, -0.2) is 4.98 Å². The van der Waals surface area contributed by atoms with Crippen molar-refractivity contribution in [2.24, 2.45) is 0 Å². The third-order valence-corrected chi connectivity index (χ3v) is 2.97. The maximum absolute atomic E-state index is 6.13. The molecule has 2 aromatic rings. The van der Waals surface area contributed by atoms with E-state index in [2.05, 4.69) is 15.4 Å². The van der Waals surface area contributed by atoms with E-state index in [-0.39, 0.29) is 0 Å². The molecule has 0 bridgehead atoms. The molecule has 0 radical (unpaired) electrons. The summed E-state index contributed by atoms with van der Waals surface area (Å²) in [5.41, 5.74) is 1.56. The highest BCUT2D eigenvalue weighted by Gasteiger charge is 2.11. The molecule has 2 rings (SSSR count). The standard InChI is InChI=1S/C11H12Cl2N4/c1-3-17-6-7(5-15-17)10-8(12)4-9(13)11(14-2)16-10/h4-6H,3H2,1-2H3,(H,14,16). The van der Waals surface area contributed by atoms with Crippen molar-refractivity contribution in [2.45, 2.75) is 13.5 Å². The summed E-state index contributed by atoms with van der Waals surface area (Å²) in [6, 6.07) is 1.68. The molecular formula is C11H12Cl2N4. The molecule has 2 heterocycles. The van der Waals surface area contributed by atoms with Crippen LogP contribution < -0.4 is 5.32 Å². The molecule has 4 nitrogen and oxygen atoms in total. The first kappa shape index (κ1) is 12.2. The summed E-state index contributed by atoms with van der Waals surface area (Å²) in [5, 5.41) is 8.14. The van der Waals surface area contributed by atoms with Crippen molar-refractivity contribution in [2.75, 3.05) is 12.4 Å². The summed E-state index contributed by atoms with van der Waals surface area (Å²) < 4.78 is 1.82. The van der Waals surface area contributed by atoms with E-state index in [1.807, 2.05) is 17.8 Å². The Hall–Kier alpha value is -1.26. The van der Waals surface area contributed by atoms with Gasteiger partial charge in [0.2, 0.25) is 0 Å². The third-order valence-electron chi connectivity index (χ3n) is 2.40. The Bertz CT molecular complexity index is 536. The molecule has 0 amide bonds. The summed E-state index contributed by atoms with van der Waals surface area (Å²) in [5.74, 6) is 0.607. The van der Waals surface area contributed by atoms with Gasteiger partial charge in [-0.1, -0.05) is 23.2 Å². The van der Waals surface area contributed by atoms with Crippen LogP contribution in [0.1, 0.15) is 6.92 Å². The Balaban J connectivity index is 2.50. The SMILES string of the molecule is CCn1cc(-c2nc(NC)c(Cl)cc2Cl)cn1. The van der Waals surface area contributed by atoms with E-state index in [0.29, 0.717) is 21.6 Å². The van der Waals surface area contributed by atoms with Gasteiger partial charge in [0, 0.05) is 25.4 Å². The second-order valence-electron chi connectivity index (χ2n) is 3.48. The van der Waals surface area contributed by atoms with Crippen LogP contribution in [0.2, 0.25) is 10.0 Å². The Morgan fingerprint density at radius 1 is 1.35 bits per heavy atom. The fraction of sp³-hybridized carbons (Fsp3) is 0.273. The van der Waals surface area contributed by atoms with Gasteiger partial charge in [0.15, 0.2) is 0 Å². The summed E-state index contributed by atoms with van der Waals surface area (Å²) >= 11 is 12.1. The maximum Gasteiger partial charge on any atom is 0.145 e. The fourth-order valence-electron chi connectivity index (χ4n) is 1.50. The minimum Gasteiger partial charge on any atom is -0.372 e. The largest absolute Gasteiger partial charge is 0.372 e. The number of pyridine rings is 1. The third kappa shape index (κ3) is 2.37. The average molecular weight is 271 g/mol. The quantitative estimate of drug-likeness (QED) is 0.931. The van der Waals surface area contributed by atoms with Crippen LogP contribution >= 0.6 is 23.2 Å². The molecule has 0 saturated heterocycles. The van der Waals surface area contributed by atoms with Crippen molar-refractivity contribution < 1.29 is 0 Å². The lowest BCUT2D eigenvalue weighted by molar-refractivity contribution is 0.660. The summed E-state index contributed by atoms with van der Waals surface area (Å²) in [7, 11) is 1.77. The Labute approximate surface area is 110 Å². The highest BCUT2D eigenvalue weighted by Crippen LogP contribution is 2.31. The van der Waals surface area contributed by atoms with E-state index < -0.39 is 0 Å². The number of hydrogen-bond acceptors (Lipinski definition) is 3. The number of aryl methyl sites for hydroxylation is 1. The Morgan fingerprint density at radius 3 is 2.71 bits per heavy atom. The van der Waals surface area contributed by atoms with Gasteiger partial charge in [-0.15, -0.1) is 0 Å². The molecule has 0 saturated carbocycles. The van der Waals surface area contributed by atoms with Crippen molar-refractivity contribution in [1.82, 2.24) is 14.8 Å². The van der Waals surface area contributed by atoms with Crippen LogP contribution in [0.15, 0.2) is 18.5 Å². The zero-order chi connectivity index (χ0) is 12.4. The smallest absolute Gasteiger partial charge is 0.145 e. The second kappa shape index (κ2) is 4.94. The van der Waals surface area contributed by atoms with Crippen molar-refractivity contribution in [3.05, 3.63) is 28.5 Å². The van der Waals surface area contributed by atoms with Crippen LogP contribution in [0.5, 0.6) is 0 Å². The Morgan fingerprint density at radius 2 is 2.12 bits per heavy atom. The molecule has 0 aliphatic carbocycles. The molecule has 0 atom stereocenters. The summed E-state index contributed by atoms with van der Waals surface area (Å²) in [6.07, 6.45) is 3.65. The number of hydrogen-bond donors (Lipinski definition) is 1. The highest BCUT2D eigenvalue weighted by atomic mass is 35.5. The van der Waals surface area contributed by atoms with Crippen LogP contribution in [-0.2, 0) is 6.54 Å². The van der Waals surface area contributed by atoms with Gasteiger partial charge in [-0.05, 0) is 13.0 Å². The van der Waals surface area contributed by atoms with E-state index in [1.165, 1.54) is 0 Å². The van der Waals surface area contributed by atoms with E-state index in [4.69, 9.17) is 23.2 Å². The minimum atomic E-state index is 0.504. The lowest BCUT2D eigenvalue weighted by Gasteiger charge is -2.06. The van der Waals surface area contributed by atoms with Crippen molar-refractivity contribution >= 4 is 29.0 Å². The number of nitrogens with one attached hydrogen (secondary N) is 1. The molecular weight excluding hydrogens is 259 g/mol. The number of halogens is 2. The second-order valence-corrected chi connectivity index (χ2v) is 4.30. The van der Waals surface area contributed by atoms with Crippen LogP contribution in [0.3, 0.4) is 0 Å². The average Bonchev–Trinajstić information content (AvgIpc) is 2.78. The van der Waals surface area contributed by atoms with Crippen LogP contribution in [-0.4, -0.2) is 21.8 Å². The van der Waals surface area contributed by atoms with Gasteiger partial charge in [-0.3, -0.25) is 4.68 Å². The van der Waals surface area contributed by atoms with Gasteiger partial charge < -0.3 is 5.32 Å². The molecule has 17 heavy (non-hydrogen) atoms. The normalized spacial score (nSPS) is 10.6. The van der Waals surface area contributed by atoms with Gasteiger partial charge >= 0.3 is 0 Å². The van der Waals surface area contributed by atoms with Crippen LogP contribution in [0, 0.1) is 0 Å². The maximum atomic E-state index is 6.13. The predicted molar refractivity (Wildman–Crippen MR) is 70.7 cm³/mol. The first-order chi connectivity index (χ1) is 8.15. The fourth-order valence-corrected chi connectivity index (χ4v) is 2.07. The van der Waals surface area contributed by atoms with E-state index in [1.54, 1.807) is 19.3 Å². The van der Waals surface area contributed by atoms with Crippen molar-refractivity contribution in [3.8, 4) is 11.3 Å². The topological polar surface area (TPSA) is 42.7 Å². The molecule has 0 fully saturated rings. The van der Waals surface area contributed by atoms with Gasteiger partial charge in [-0.2, -0.15) is 5.10 Å². The summed E-state index contributed by atoms with van der Waals surface area (Å²) in [4.78, 5) is 4.38. The monoisotopic (exact) mass is 270 g/mol. The minimum absolute atomic E-state index is 0.504. The first-order valence-electron chi connectivity index (χ1n) is 5.22. The molecule has 0 aliphatic heterocycles. The Kier molecular flexibility index (Phi) is 3.54. The number of rotatable bonds is 3. The molecule has 0 unspecified atom stereocenters. The van der Waals surface area contributed by atoms with Gasteiger partial charge in [0.1, 0.15) is 5.82 Å². The molecule has 1 N–H and O–H groups in total. The summed E-state index contributed by atoms with van der Waals surface area (Å²) in [6.45, 7) is 2.83. The number of anilines is 1. The lowest BCUT2D eigenvalue weighted by Crippen LogP contribution is -1.96. The van der Waals surface area contributed by atoms with Crippen LogP contribution in [0.4, 0.5) is 5.82 Å². The van der Waals surface area contributed by atoms with E-state index >= 15 is 0 Å². The van der Waals surface area contributed by atoms with Crippen molar-refractivity contribution in [3.63, 3.8) is 0 Å². The molecule has 0 aromatic carbocycles. The molecule has 90 valence electrons. The van der Waals surface area contributed by atoms with Crippen LogP contribution in [0.25, 0.3) is 11.3 Å². The first-order valence-corrected chi connectivity index (χ1v) is 5.98. The lowest BCUT2D eigenvalue weighted by atomic mass is 10.2. The molecule has 0 spiro atoms. The zero-order valence-electron chi connectivity index (χ0n) is 9.54. The highest BCUT2D eigenvalue weighted by molar-refractivity contribution is 6.37. The predicted octanol–water partition coefficient (Wildman–Crippen LogP) is 3.31. The van der Waals surface area contributed by atoms with Crippen molar-refractivity contribution in [1.29, 1.82) is 0 Å².